The number of hydrogen-bond acceptors (Lipinski definition) is 12. The molecule has 0 radical (unpaired) electrons. The van der Waals surface area contributed by atoms with Crippen molar-refractivity contribution in [3.8, 4) is 5.75 Å². The van der Waals surface area contributed by atoms with Crippen LogP contribution in [0, 0.1) is 12.3 Å². The lowest BCUT2D eigenvalue weighted by Crippen LogP contribution is -2.36. The minimum atomic E-state index is -0.132. The number of phenols is 1. The van der Waals surface area contributed by atoms with Crippen LogP contribution in [0.4, 0.5) is 28.4 Å². The van der Waals surface area contributed by atoms with E-state index in [1.165, 1.54) is 6.08 Å². The molecule has 1 aromatic heterocycles. The summed E-state index contributed by atoms with van der Waals surface area (Å²) >= 11 is 0. The zero-order valence-corrected chi connectivity index (χ0v) is 35.4. The molecular weight excluding hydrogens is 775 g/mol. The molecule has 6 N–H and O–H groups in total. The second-order valence-electron chi connectivity index (χ2n) is 14.1. The van der Waals surface area contributed by atoms with Gasteiger partial charge in [-0.25, -0.2) is 4.57 Å². The third-order valence-electron chi connectivity index (χ3n) is 9.41. The molecule has 16 nitrogen and oxygen atoms in total. The molecule has 16 heteroatoms. The number of rotatable bonds is 23. The third kappa shape index (κ3) is 15.4. The van der Waals surface area contributed by atoms with Crippen molar-refractivity contribution >= 4 is 46.1 Å². The van der Waals surface area contributed by atoms with E-state index in [4.69, 9.17) is 5.41 Å². The van der Waals surface area contributed by atoms with Gasteiger partial charge in [0.2, 0.25) is 0 Å². The molecule has 322 valence electrons. The number of azo groups is 2. The van der Waals surface area contributed by atoms with Crippen molar-refractivity contribution in [3.05, 3.63) is 126 Å². The van der Waals surface area contributed by atoms with E-state index >= 15 is 0 Å². The number of phenolic OH excluding ortho intramolecular Hbond substituents is 1. The summed E-state index contributed by atoms with van der Waals surface area (Å²) in [5.41, 5.74) is 5.29. The van der Waals surface area contributed by atoms with Crippen LogP contribution in [0.1, 0.15) is 46.0 Å². The third-order valence-corrected chi connectivity index (χ3v) is 9.41. The Kier molecular flexibility index (Phi) is 19.2. The van der Waals surface area contributed by atoms with Crippen LogP contribution in [0.3, 0.4) is 0 Å². The summed E-state index contributed by atoms with van der Waals surface area (Å²) in [4.78, 5) is 31.4. The Labute approximate surface area is 357 Å². The number of carbonyl (C=O) groups excluding carboxylic acids is 2. The number of pyridine rings is 1. The first-order valence-electron chi connectivity index (χ1n) is 20.3. The van der Waals surface area contributed by atoms with Gasteiger partial charge in [0.1, 0.15) is 23.7 Å². The highest BCUT2D eigenvalue weighted by atomic mass is 16.3. The number of carbonyl (C=O) groups is 2. The fourth-order valence-corrected chi connectivity index (χ4v) is 6.11. The summed E-state index contributed by atoms with van der Waals surface area (Å²) < 4.78 is 1.99. The van der Waals surface area contributed by atoms with Crippen molar-refractivity contribution in [1.29, 1.82) is 5.41 Å². The highest BCUT2D eigenvalue weighted by Gasteiger charge is 2.16. The van der Waals surface area contributed by atoms with E-state index in [1.807, 2.05) is 60.0 Å². The molecule has 4 aromatic rings. The minimum Gasteiger partial charge on any atom is -0.506 e. The fraction of sp³-hybridized carbons (Fsp3) is 0.333. The monoisotopic (exact) mass is 832 g/mol. The lowest BCUT2D eigenvalue weighted by molar-refractivity contribution is -0.696. The molecule has 0 aliphatic heterocycles. The number of allylic oxidation sites excluding steroid dienone is 2. The van der Waals surface area contributed by atoms with Gasteiger partial charge in [-0.3, -0.25) is 15.0 Å². The van der Waals surface area contributed by atoms with Gasteiger partial charge in [-0.15, -0.1) is 20.5 Å². The Balaban J connectivity index is 1.13. The molecule has 0 saturated heterocycles. The Hall–Kier alpha value is -6.78. The molecule has 0 spiro atoms. The molecule has 1 heterocycles. The molecule has 2 amide bonds. The maximum atomic E-state index is 13.2. The Morgan fingerprint density at radius 1 is 0.820 bits per heavy atom. The predicted molar refractivity (Wildman–Crippen MR) is 239 cm³/mol. The van der Waals surface area contributed by atoms with Crippen LogP contribution < -0.4 is 20.1 Å². The molecule has 3 aromatic carbocycles. The molecule has 0 atom stereocenters. The number of aromatic nitrogens is 1. The van der Waals surface area contributed by atoms with Gasteiger partial charge < -0.3 is 40.7 Å². The Morgan fingerprint density at radius 2 is 1.48 bits per heavy atom. The van der Waals surface area contributed by atoms with Gasteiger partial charge in [0.05, 0.1) is 18.9 Å². The van der Waals surface area contributed by atoms with Gasteiger partial charge in [0, 0.05) is 94.4 Å². The molecule has 0 aliphatic carbocycles. The summed E-state index contributed by atoms with van der Waals surface area (Å²) in [7, 11) is 3.51. The number of nitrogens with one attached hydrogen (secondary N) is 3. The number of nitrogens with zero attached hydrogens (tertiary/aromatic N) is 8. The molecular formula is C45H58N11O5+. The van der Waals surface area contributed by atoms with Crippen molar-refractivity contribution in [2.75, 3.05) is 76.8 Å². The standard InChI is InChI=1S/C45H57N11O5/c1-5-48-40-32-42(59)41(31-34(40)2)51-50-38-11-8-25-55(33-38)26-10-24-54(4)45(61)36-15-13-35(14-16-36)44(60)53(3)23-9-22-47-21-7-6-12-43(46)52-49-37-17-19-39(20-18-37)56(27-29-57)28-30-58/h6-8,11-21,25,31-33,57-58H,5,9-10,22-24,26-30H2,1-4H3,(H3-,46,47,48,50,59)/p+1. The van der Waals surface area contributed by atoms with E-state index in [2.05, 4.69) is 31.1 Å². The first kappa shape index (κ1) is 46.9. The normalized spacial score (nSPS) is 11.5. The molecule has 0 saturated carbocycles. The van der Waals surface area contributed by atoms with Crippen LogP contribution in [0.2, 0.25) is 0 Å². The number of aliphatic hydroxyl groups excluding tert-OH is 2. The van der Waals surface area contributed by atoms with Crippen LogP contribution in [0.5, 0.6) is 5.75 Å². The zero-order chi connectivity index (χ0) is 44.0. The Bertz CT molecular complexity index is 2150. The van der Waals surface area contributed by atoms with E-state index < -0.39 is 0 Å². The number of aromatic hydroxyl groups is 1. The summed E-state index contributed by atoms with van der Waals surface area (Å²) in [5, 5.41) is 59.8. The van der Waals surface area contributed by atoms with Gasteiger partial charge in [-0.05, 0) is 105 Å². The van der Waals surface area contributed by atoms with Gasteiger partial charge >= 0.3 is 0 Å². The number of aliphatic hydroxyl groups is 2. The first-order valence-corrected chi connectivity index (χ1v) is 20.3. The van der Waals surface area contributed by atoms with Crippen LogP contribution in [-0.2, 0) is 6.54 Å². The number of hydrogen-bond donors (Lipinski definition) is 6. The highest BCUT2D eigenvalue weighted by molar-refractivity contribution is 5.97. The smallest absolute Gasteiger partial charge is 0.253 e. The number of amidine groups is 1. The van der Waals surface area contributed by atoms with Gasteiger partial charge in [-0.1, -0.05) is 6.08 Å². The number of amides is 2. The molecule has 0 aliphatic rings. The van der Waals surface area contributed by atoms with Crippen LogP contribution in [0.15, 0.2) is 130 Å². The molecule has 0 bridgehead atoms. The van der Waals surface area contributed by atoms with Crippen molar-refractivity contribution in [3.63, 3.8) is 0 Å². The van der Waals surface area contributed by atoms with Gasteiger partial charge in [-0.2, -0.15) is 0 Å². The second-order valence-corrected chi connectivity index (χ2v) is 14.1. The summed E-state index contributed by atoms with van der Waals surface area (Å²) in [6.45, 7) is 7.83. The summed E-state index contributed by atoms with van der Waals surface area (Å²) in [5.74, 6) is -0.226. The molecule has 0 fully saturated rings. The maximum absolute atomic E-state index is 13.2. The van der Waals surface area contributed by atoms with Crippen molar-refractivity contribution in [2.45, 2.75) is 33.2 Å². The fourth-order valence-electron chi connectivity index (χ4n) is 6.11. The van der Waals surface area contributed by atoms with Crippen LogP contribution in [-0.4, -0.2) is 109 Å². The zero-order valence-electron chi connectivity index (χ0n) is 35.4. The SMILES string of the molecule is CCNc1cc(O)c(N=Nc2ccc[n+](CCCN(C)C(=O)c3ccc(C(=O)N(C)CCCN/C=C\C=C/C(=N)N=Nc4ccc(N(CCO)CCO)cc4)cc3)c2)cc1C. The Morgan fingerprint density at radius 3 is 2.11 bits per heavy atom. The predicted octanol–water partition coefficient (Wildman–Crippen LogP) is 6.67. The van der Waals surface area contributed by atoms with Gasteiger partial charge in [0.15, 0.2) is 18.2 Å². The lowest BCUT2D eigenvalue weighted by Gasteiger charge is -2.22. The molecule has 61 heavy (non-hydrogen) atoms. The quantitative estimate of drug-likeness (QED) is 0.0119. The largest absolute Gasteiger partial charge is 0.506 e. The topological polar surface area (TPSA) is 206 Å². The lowest BCUT2D eigenvalue weighted by atomic mass is 10.1. The van der Waals surface area contributed by atoms with Crippen molar-refractivity contribution in [2.24, 2.45) is 20.5 Å². The average molecular weight is 833 g/mol. The maximum Gasteiger partial charge on any atom is 0.253 e. The van der Waals surface area contributed by atoms with Gasteiger partial charge in [0.25, 0.3) is 11.8 Å². The van der Waals surface area contributed by atoms with E-state index in [0.29, 0.717) is 80.3 Å². The van der Waals surface area contributed by atoms with Crippen LogP contribution in [0.25, 0.3) is 0 Å². The summed E-state index contributed by atoms with van der Waals surface area (Å²) in [6.07, 6.45) is 11.9. The number of benzene rings is 3. The van der Waals surface area contributed by atoms with E-state index in [1.54, 1.807) is 90.8 Å². The highest BCUT2D eigenvalue weighted by Crippen LogP contribution is 2.33. The number of aryl methyl sites for hydroxylation is 2. The van der Waals surface area contributed by atoms with E-state index in [0.717, 1.165) is 23.5 Å². The summed E-state index contributed by atoms with van der Waals surface area (Å²) in [6, 6.07) is 21.1. The van der Waals surface area contributed by atoms with E-state index in [-0.39, 0.29) is 36.6 Å². The minimum absolute atomic E-state index is 0.0177. The van der Waals surface area contributed by atoms with Crippen molar-refractivity contribution < 1.29 is 29.5 Å². The van der Waals surface area contributed by atoms with E-state index in [9.17, 15) is 24.9 Å². The van der Waals surface area contributed by atoms with Crippen molar-refractivity contribution in [1.82, 2.24) is 15.1 Å². The number of anilines is 2. The molecule has 4 rings (SSSR count). The average Bonchev–Trinajstić information content (AvgIpc) is 3.27. The van der Waals surface area contributed by atoms with Crippen LogP contribution >= 0.6 is 0 Å². The molecule has 0 unspecified atom stereocenters. The first-order chi connectivity index (χ1) is 29.5. The second kappa shape index (κ2) is 25.0.